The number of hydrogen-bond acceptors (Lipinski definition) is 3. The lowest BCUT2D eigenvalue weighted by Gasteiger charge is -2.21. The van der Waals surface area contributed by atoms with Crippen molar-refractivity contribution in [2.45, 2.75) is 33.7 Å². The summed E-state index contributed by atoms with van der Waals surface area (Å²) < 4.78 is 13.7. The summed E-state index contributed by atoms with van der Waals surface area (Å²) in [5.41, 5.74) is 6.36. The molecule has 0 spiro atoms. The number of rotatable bonds is 5. The number of hydrogen-bond donors (Lipinski definition) is 2. The second kappa shape index (κ2) is 7.06. The lowest BCUT2D eigenvalue weighted by Crippen LogP contribution is -2.42. The van der Waals surface area contributed by atoms with E-state index in [1.807, 2.05) is 13.8 Å². The summed E-state index contributed by atoms with van der Waals surface area (Å²) >= 11 is 0. The molecule has 0 bridgehead atoms. The van der Waals surface area contributed by atoms with Crippen LogP contribution in [-0.4, -0.2) is 35.8 Å². The van der Waals surface area contributed by atoms with E-state index in [9.17, 15) is 14.0 Å². The molecular weight excluding hydrogens is 273 g/mol. The van der Waals surface area contributed by atoms with E-state index in [4.69, 9.17) is 5.73 Å². The summed E-state index contributed by atoms with van der Waals surface area (Å²) in [6, 6.07) is 2.58. The number of nitrogen functional groups attached to an aromatic ring is 1. The van der Waals surface area contributed by atoms with E-state index in [1.165, 1.54) is 11.0 Å². The smallest absolute Gasteiger partial charge is 0.254 e. The zero-order valence-electron chi connectivity index (χ0n) is 12.9. The van der Waals surface area contributed by atoms with Gasteiger partial charge in [-0.3, -0.25) is 9.59 Å². The number of halogens is 1. The fraction of sp³-hybridized carbons (Fsp3) is 0.467. The van der Waals surface area contributed by atoms with Crippen LogP contribution in [0.5, 0.6) is 0 Å². The highest BCUT2D eigenvalue weighted by Gasteiger charge is 2.19. The molecule has 1 aromatic carbocycles. The van der Waals surface area contributed by atoms with Crippen LogP contribution >= 0.6 is 0 Å². The largest absolute Gasteiger partial charge is 0.398 e. The van der Waals surface area contributed by atoms with Crippen LogP contribution < -0.4 is 11.1 Å². The number of amides is 2. The van der Waals surface area contributed by atoms with Gasteiger partial charge in [0.25, 0.3) is 5.91 Å². The molecule has 5 nitrogen and oxygen atoms in total. The number of carbonyl (C=O) groups excluding carboxylic acids is 2. The molecule has 1 rings (SSSR count). The molecule has 6 heteroatoms. The zero-order chi connectivity index (χ0) is 16.2. The molecule has 0 atom stereocenters. The maximum Gasteiger partial charge on any atom is 0.254 e. The molecule has 0 radical (unpaired) electrons. The molecule has 21 heavy (non-hydrogen) atoms. The van der Waals surface area contributed by atoms with Crippen molar-refractivity contribution >= 4 is 17.5 Å². The molecule has 0 aliphatic rings. The lowest BCUT2D eigenvalue weighted by molar-refractivity contribution is -0.122. The number of anilines is 1. The fourth-order valence-corrected chi connectivity index (χ4v) is 1.87. The Morgan fingerprint density at radius 1 is 1.38 bits per heavy atom. The van der Waals surface area contributed by atoms with Crippen LogP contribution in [0.3, 0.4) is 0 Å². The first kappa shape index (κ1) is 16.9. The molecule has 3 N–H and O–H groups in total. The van der Waals surface area contributed by atoms with E-state index < -0.39 is 11.7 Å². The van der Waals surface area contributed by atoms with Crippen molar-refractivity contribution in [1.82, 2.24) is 10.2 Å². The number of benzene rings is 1. The van der Waals surface area contributed by atoms with E-state index in [1.54, 1.807) is 13.8 Å². The fourth-order valence-electron chi connectivity index (χ4n) is 1.87. The van der Waals surface area contributed by atoms with Crippen LogP contribution in [0.1, 0.15) is 36.7 Å². The summed E-state index contributed by atoms with van der Waals surface area (Å²) in [4.78, 5) is 25.4. The van der Waals surface area contributed by atoms with Crippen molar-refractivity contribution in [2.24, 2.45) is 0 Å². The van der Waals surface area contributed by atoms with Crippen LogP contribution in [0.15, 0.2) is 12.1 Å². The third-order valence-electron chi connectivity index (χ3n) is 3.08. The Labute approximate surface area is 124 Å². The van der Waals surface area contributed by atoms with Gasteiger partial charge in [0.15, 0.2) is 0 Å². The Morgan fingerprint density at radius 3 is 2.48 bits per heavy atom. The molecule has 1 aromatic rings. The van der Waals surface area contributed by atoms with Crippen LogP contribution in [0.2, 0.25) is 0 Å². The first-order valence-corrected chi connectivity index (χ1v) is 6.90. The molecule has 0 heterocycles. The first-order chi connectivity index (χ1) is 9.76. The van der Waals surface area contributed by atoms with Crippen LogP contribution in [-0.2, 0) is 4.79 Å². The molecule has 116 valence electrons. The monoisotopic (exact) mass is 295 g/mol. The first-order valence-electron chi connectivity index (χ1n) is 6.90. The SMILES string of the molecule is CCN(CC(=O)NC(C)C)C(=O)c1cc(N)c(C)c(F)c1. The van der Waals surface area contributed by atoms with Gasteiger partial charge in [-0.2, -0.15) is 0 Å². The molecule has 0 aliphatic heterocycles. The normalized spacial score (nSPS) is 10.6. The maximum atomic E-state index is 13.7. The summed E-state index contributed by atoms with van der Waals surface area (Å²) in [7, 11) is 0. The minimum absolute atomic E-state index is 0.00114. The Hall–Kier alpha value is -2.11. The highest BCUT2D eigenvalue weighted by molar-refractivity contribution is 5.97. The average molecular weight is 295 g/mol. The molecule has 2 amide bonds. The van der Waals surface area contributed by atoms with E-state index in [2.05, 4.69) is 5.32 Å². The Morgan fingerprint density at radius 2 is 2.00 bits per heavy atom. The molecule has 0 aromatic heterocycles. The molecule has 0 saturated heterocycles. The van der Waals surface area contributed by atoms with Gasteiger partial charge in [0.2, 0.25) is 5.91 Å². The van der Waals surface area contributed by atoms with Gasteiger partial charge in [-0.1, -0.05) is 0 Å². The predicted octanol–water partition coefficient (Wildman–Crippen LogP) is 1.70. The Balaban J connectivity index is 2.91. The average Bonchev–Trinajstić information content (AvgIpc) is 2.40. The molecule has 0 fully saturated rings. The summed E-state index contributed by atoms with van der Waals surface area (Å²) in [6.45, 7) is 7.27. The van der Waals surface area contributed by atoms with Gasteiger partial charge in [-0.05, 0) is 39.8 Å². The molecular formula is C15H22FN3O2. The zero-order valence-corrected chi connectivity index (χ0v) is 12.9. The van der Waals surface area contributed by atoms with E-state index in [0.29, 0.717) is 12.1 Å². The number of nitrogens with two attached hydrogens (primary N) is 1. The third kappa shape index (κ3) is 4.44. The van der Waals surface area contributed by atoms with Gasteiger partial charge in [0, 0.05) is 29.4 Å². The summed E-state index contributed by atoms with van der Waals surface area (Å²) in [5, 5.41) is 2.71. The quantitative estimate of drug-likeness (QED) is 0.812. The van der Waals surface area contributed by atoms with Crippen LogP contribution in [0.4, 0.5) is 10.1 Å². The molecule has 0 unspecified atom stereocenters. The van der Waals surface area contributed by atoms with Gasteiger partial charge in [-0.15, -0.1) is 0 Å². The number of carbonyl (C=O) groups is 2. The summed E-state index contributed by atoms with van der Waals surface area (Å²) in [6.07, 6.45) is 0. The van der Waals surface area contributed by atoms with Gasteiger partial charge in [0.1, 0.15) is 5.82 Å². The molecule has 0 aliphatic carbocycles. The minimum atomic E-state index is -0.527. The minimum Gasteiger partial charge on any atom is -0.398 e. The van der Waals surface area contributed by atoms with Crippen LogP contribution in [0.25, 0.3) is 0 Å². The molecule has 0 saturated carbocycles. The maximum absolute atomic E-state index is 13.7. The Kier molecular flexibility index (Phi) is 5.69. The highest BCUT2D eigenvalue weighted by Crippen LogP contribution is 2.18. The van der Waals surface area contributed by atoms with Crippen molar-refractivity contribution in [3.8, 4) is 0 Å². The van der Waals surface area contributed by atoms with Crippen LogP contribution in [0, 0.1) is 12.7 Å². The predicted molar refractivity (Wildman–Crippen MR) is 80.4 cm³/mol. The van der Waals surface area contributed by atoms with Crippen molar-refractivity contribution in [2.75, 3.05) is 18.8 Å². The number of nitrogens with one attached hydrogen (secondary N) is 1. The second-order valence-electron chi connectivity index (χ2n) is 5.21. The van der Waals surface area contributed by atoms with Crippen molar-refractivity contribution in [1.29, 1.82) is 0 Å². The van der Waals surface area contributed by atoms with Gasteiger partial charge in [0.05, 0.1) is 6.54 Å². The summed E-state index contributed by atoms with van der Waals surface area (Å²) in [5.74, 6) is -1.19. The second-order valence-corrected chi connectivity index (χ2v) is 5.21. The van der Waals surface area contributed by atoms with E-state index >= 15 is 0 Å². The highest BCUT2D eigenvalue weighted by atomic mass is 19.1. The van der Waals surface area contributed by atoms with Gasteiger partial charge >= 0.3 is 0 Å². The number of likely N-dealkylation sites (N-methyl/N-ethyl adjacent to an activating group) is 1. The third-order valence-corrected chi connectivity index (χ3v) is 3.08. The van der Waals surface area contributed by atoms with Gasteiger partial charge < -0.3 is 16.0 Å². The van der Waals surface area contributed by atoms with E-state index in [-0.39, 0.29) is 29.7 Å². The Bertz CT molecular complexity index is 521. The van der Waals surface area contributed by atoms with Crippen molar-refractivity contribution in [3.63, 3.8) is 0 Å². The standard InChI is InChI=1S/C15H22FN3O2/c1-5-19(8-14(20)18-9(2)3)15(21)11-6-12(16)10(4)13(17)7-11/h6-7,9H,5,8,17H2,1-4H3,(H,18,20). The van der Waals surface area contributed by atoms with E-state index in [0.717, 1.165) is 6.07 Å². The lowest BCUT2D eigenvalue weighted by atomic mass is 10.1. The van der Waals surface area contributed by atoms with Crippen molar-refractivity contribution in [3.05, 3.63) is 29.1 Å². The number of nitrogens with zero attached hydrogens (tertiary/aromatic N) is 1. The van der Waals surface area contributed by atoms with Gasteiger partial charge in [-0.25, -0.2) is 4.39 Å². The topological polar surface area (TPSA) is 75.4 Å². The van der Waals surface area contributed by atoms with Crippen molar-refractivity contribution < 1.29 is 14.0 Å².